The molecule has 0 bridgehead atoms. The zero-order valence-corrected chi connectivity index (χ0v) is 13.4. The van der Waals surface area contributed by atoms with Gasteiger partial charge in [0.15, 0.2) is 0 Å². The topological polar surface area (TPSA) is 20.3 Å². The number of hydrogen-bond acceptors (Lipinski definition) is 2. The van der Waals surface area contributed by atoms with Crippen LogP contribution in [0.4, 0.5) is 0 Å². The highest BCUT2D eigenvalue weighted by atomic mass is 32.1. The molecule has 0 saturated heterocycles. The lowest BCUT2D eigenvalue weighted by Crippen LogP contribution is -2.30. The SMILES string of the molecule is C=CCN(CC=C)C(=O)c1cc2c(s1)-c1ccccc1CC2. The van der Waals surface area contributed by atoms with Gasteiger partial charge in [0.05, 0.1) is 4.88 Å². The summed E-state index contributed by atoms with van der Waals surface area (Å²) in [6.07, 6.45) is 5.57. The molecule has 1 aromatic carbocycles. The molecule has 2 aromatic rings. The highest BCUT2D eigenvalue weighted by Gasteiger charge is 2.23. The molecule has 2 nitrogen and oxygen atoms in total. The van der Waals surface area contributed by atoms with Gasteiger partial charge in [0.2, 0.25) is 0 Å². The zero-order chi connectivity index (χ0) is 15.5. The number of hydrogen-bond donors (Lipinski definition) is 0. The molecule has 22 heavy (non-hydrogen) atoms. The molecule has 3 heteroatoms. The highest BCUT2D eigenvalue weighted by Crippen LogP contribution is 2.39. The molecular formula is C19H19NOS. The molecule has 0 fully saturated rings. The van der Waals surface area contributed by atoms with Gasteiger partial charge in [-0.25, -0.2) is 0 Å². The summed E-state index contributed by atoms with van der Waals surface area (Å²) >= 11 is 1.61. The molecule has 0 unspecified atom stereocenters. The number of carbonyl (C=O) groups excluding carboxylic acids is 1. The van der Waals surface area contributed by atoms with Crippen LogP contribution >= 0.6 is 11.3 Å². The largest absolute Gasteiger partial charge is 0.331 e. The second-order valence-corrected chi connectivity index (χ2v) is 6.46. The van der Waals surface area contributed by atoms with Crippen molar-refractivity contribution in [1.29, 1.82) is 0 Å². The Hall–Kier alpha value is -2.13. The summed E-state index contributed by atoms with van der Waals surface area (Å²) in [7, 11) is 0. The summed E-state index contributed by atoms with van der Waals surface area (Å²) in [4.78, 5) is 16.5. The molecule has 0 N–H and O–H groups in total. The van der Waals surface area contributed by atoms with Crippen molar-refractivity contribution in [3.8, 4) is 10.4 Å². The Kier molecular flexibility index (Phi) is 4.25. The summed E-state index contributed by atoms with van der Waals surface area (Å²) in [6.45, 7) is 8.55. The van der Waals surface area contributed by atoms with Gasteiger partial charge >= 0.3 is 0 Å². The van der Waals surface area contributed by atoms with E-state index in [4.69, 9.17) is 0 Å². The van der Waals surface area contributed by atoms with E-state index in [1.165, 1.54) is 21.6 Å². The second-order valence-electron chi connectivity index (χ2n) is 5.41. The van der Waals surface area contributed by atoms with Crippen LogP contribution in [0.1, 0.15) is 20.8 Å². The van der Waals surface area contributed by atoms with Crippen LogP contribution in [-0.4, -0.2) is 23.9 Å². The Bertz CT molecular complexity index is 719. The van der Waals surface area contributed by atoms with Crippen molar-refractivity contribution in [3.63, 3.8) is 0 Å². The second kappa shape index (κ2) is 6.32. The first kappa shape index (κ1) is 14.8. The summed E-state index contributed by atoms with van der Waals surface area (Å²) in [5.41, 5.74) is 3.96. The number of carbonyl (C=O) groups is 1. The van der Waals surface area contributed by atoms with Crippen molar-refractivity contribution >= 4 is 17.2 Å². The molecule has 0 saturated carbocycles. The van der Waals surface area contributed by atoms with Crippen LogP contribution in [0, 0.1) is 0 Å². The van der Waals surface area contributed by atoms with Crippen LogP contribution in [0.5, 0.6) is 0 Å². The third-order valence-electron chi connectivity index (χ3n) is 3.93. The average molecular weight is 309 g/mol. The van der Waals surface area contributed by atoms with E-state index < -0.39 is 0 Å². The minimum atomic E-state index is 0.0664. The van der Waals surface area contributed by atoms with Gasteiger partial charge in [-0.15, -0.1) is 24.5 Å². The van der Waals surface area contributed by atoms with E-state index in [-0.39, 0.29) is 5.91 Å². The molecular weight excluding hydrogens is 290 g/mol. The third-order valence-corrected chi connectivity index (χ3v) is 5.13. The number of nitrogens with zero attached hydrogens (tertiary/aromatic N) is 1. The number of benzene rings is 1. The molecule has 1 aliphatic rings. The van der Waals surface area contributed by atoms with Crippen molar-refractivity contribution in [3.05, 3.63) is 71.6 Å². The van der Waals surface area contributed by atoms with Crippen molar-refractivity contribution < 1.29 is 4.79 Å². The summed E-state index contributed by atoms with van der Waals surface area (Å²) < 4.78 is 0. The number of aryl methyl sites for hydroxylation is 2. The normalized spacial score (nSPS) is 12.2. The molecule has 1 amide bonds. The molecule has 112 valence electrons. The molecule has 1 aliphatic carbocycles. The molecule has 0 spiro atoms. The van der Waals surface area contributed by atoms with Gasteiger partial charge in [0.1, 0.15) is 0 Å². The maximum Gasteiger partial charge on any atom is 0.264 e. The minimum Gasteiger partial charge on any atom is -0.331 e. The first-order valence-electron chi connectivity index (χ1n) is 7.46. The summed E-state index contributed by atoms with van der Waals surface area (Å²) in [5, 5.41) is 0. The Balaban J connectivity index is 1.95. The summed E-state index contributed by atoms with van der Waals surface area (Å²) in [5.74, 6) is 0.0664. The van der Waals surface area contributed by atoms with E-state index in [1.807, 2.05) is 0 Å². The zero-order valence-electron chi connectivity index (χ0n) is 12.5. The fourth-order valence-corrected chi connectivity index (χ4v) is 4.12. The molecule has 0 atom stereocenters. The first-order chi connectivity index (χ1) is 10.7. The van der Waals surface area contributed by atoms with Crippen LogP contribution in [0.25, 0.3) is 10.4 Å². The van der Waals surface area contributed by atoms with Crippen LogP contribution in [0.3, 0.4) is 0 Å². The molecule has 1 heterocycles. The maximum atomic E-state index is 12.7. The lowest BCUT2D eigenvalue weighted by Gasteiger charge is -2.18. The number of fused-ring (bicyclic) bond motifs is 3. The van der Waals surface area contributed by atoms with Gasteiger partial charge in [-0.2, -0.15) is 0 Å². The fourth-order valence-electron chi connectivity index (χ4n) is 2.88. The standard InChI is InChI=1S/C19H19NOS/c1-3-11-20(12-4-2)19(21)17-13-15-10-9-14-7-5-6-8-16(14)18(15)22-17/h3-8,13H,1-2,9-12H2. The average Bonchev–Trinajstić information content (AvgIpc) is 2.98. The van der Waals surface area contributed by atoms with Crippen LogP contribution < -0.4 is 0 Å². The number of rotatable bonds is 5. The third kappa shape index (κ3) is 2.64. The Labute approximate surface area is 135 Å². The molecule has 0 radical (unpaired) electrons. The predicted molar refractivity (Wildman–Crippen MR) is 93.5 cm³/mol. The molecule has 1 aromatic heterocycles. The number of thiophene rings is 1. The monoisotopic (exact) mass is 309 g/mol. The predicted octanol–water partition coefficient (Wildman–Crippen LogP) is 4.33. The quantitative estimate of drug-likeness (QED) is 0.753. The lowest BCUT2D eigenvalue weighted by atomic mass is 9.91. The van der Waals surface area contributed by atoms with Gasteiger partial charge in [-0.1, -0.05) is 36.4 Å². The van der Waals surface area contributed by atoms with Crippen molar-refractivity contribution in [2.45, 2.75) is 12.8 Å². The minimum absolute atomic E-state index is 0.0664. The van der Waals surface area contributed by atoms with E-state index in [9.17, 15) is 4.79 Å². The van der Waals surface area contributed by atoms with E-state index in [2.05, 4.69) is 43.5 Å². The number of amides is 1. The lowest BCUT2D eigenvalue weighted by molar-refractivity contribution is 0.0795. The fraction of sp³-hybridized carbons (Fsp3) is 0.211. The van der Waals surface area contributed by atoms with E-state index in [0.717, 1.165) is 17.7 Å². The van der Waals surface area contributed by atoms with Crippen molar-refractivity contribution in [2.75, 3.05) is 13.1 Å². The van der Waals surface area contributed by atoms with Crippen molar-refractivity contribution in [1.82, 2.24) is 4.90 Å². The molecule has 0 aliphatic heterocycles. The van der Waals surface area contributed by atoms with Crippen LogP contribution in [-0.2, 0) is 12.8 Å². The van der Waals surface area contributed by atoms with Gasteiger partial charge in [-0.3, -0.25) is 4.79 Å². The van der Waals surface area contributed by atoms with Gasteiger partial charge in [0.25, 0.3) is 5.91 Å². The van der Waals surface area contributed by atoms with Crippen LogP contribution in [0.15, 0.2) is 55.6 Å². The molecule has 3 rings (SSSR count). The highest BCUT2D eigenvalue weighted by molar-refractivity contribution is 7.17. The van der Waals surface area contributed by atoms with Gasteiger partial charge in [0, 0.05) is 18.0 Å². The van der Waals surface area contributed by atoms with E-state index in [1.54, 1.807) is 28.4 Å². The Morgan fingerprint density at radius 2 is 1.82 bits per heavy atom. The Morgan fingerprint density at radius 1 is 1.14 bits per heavy atom. The van der Waals surface area contributed by atoms with Gasteiger partial charge < -0.3 is 4.90 Å². The van der Waals surface area contributed by atoms with Crippen LogP contribution in [0.2, 0.25) is 0 Å². The van der Waals surface area contributed by atoms with Gasteiger partial charge in [-0.05, 0) is 35.6 Å². The van der Waals surface area contributed by atoms with E-state index >= 15 is 0 Å². The Morgan fingerprint density at radius 3 is 2.55 bits per heavy atom. The van der Waals surface area contributed by atoms with E-state index in [0.29, 0.717) is 13.1 Å². The van der Waals surface area contributed by atoms with Crippen molar-refractivity contribution in [2.24, 2.45) is 0 Å². The maximum absolute atomic E-state index is 12.7. The summed E-state index contributed by atoms with van der Waals surface area (Å²) in [6, 6.07) is 10.6. The first-order valence-corrected chi connectivity index (χ1v) is 8.28. The smallest absolute Gasteiger partial charge is 0.264 e.